The summed E-state index contributed by atoms with van der Waals surface area (Å²) >= 11 is 0. The number of esters is 3. The maximum atomic E-state index is 14.1. The van der Waals surface area contributed by atoms with Crippen LogP contribution in [0, 0.1) is 11.8 Å². The quantitative estimate of drug-likeness (QED) is 0.0196. The Morgan fingerprint density at radius 3 is 1.87 bits per heavy atom. The van der Waals surface area contributed by atoms with E-state index in [-0.39, 0.29) is 99.9 Å². The monoisotopic (exact) mass is 1350 g/mol. The SMILES string of the molecule is CN1C(=O)C[C@H](C(=O)NCCOC2CCC(OCCCC(=O)NC3CCC(C(=O)N(CC(=O)O)CC(=O)N[C@@H](Cc4ccc5ccccc5c4)C(=O)NCCCC[C@H](NC(=O)N[C@@H](CCC(=O)OC(C)(C)C)C(=O)OC(C)(C)C)C(=O)OC(C)(C)C)CC3)CC2)[C@H]1c1cccnc1. The Morgan fingerprint density at radius 2 is 1.26 bits per heavy atom. The Morgan fingerprint density at radius 1 is 0.639 bits per heavy atom. The van der Waals surface area contributed by atoms with Crippen LogP contribution >= 0.6 is 0 Å². The number of nitrogens with one attached hydrogen (secondary N) is 6. The van der Waals surface area contributed by atoms with E-state index in [4.69, 9.17) is 23.7 Å². The minimum Gasteiger partial charge on any atom is -0.480 e. The van der Waals surface area contributed by atoms with Crippen molar-refractivity contribution in [3.63, 3.8) is 0 Å². The minimum atomic E-state index is -1.33. The van der Waals surface area contributed by atoms with Crippen molar-refractivity contribution < 1.29 is 81.5 Å². The molecule has 534 valence electrons. The Balaban J connectivity index is 0.937. The number of ether oxygens (including phenoxy) is 5. The highest BCUT2D eigenvalue weighted by Gasteiger charge is 2.43. The molecule has 3 aromatic rings. The Hall–Kier alpha value is -8.26. The number of carbonyl (C=O) groups excluding carboxylic acids is 10. The molecule has 2 aliphatic carbocycles. The number of carboxylic acids is 1. The van der Waals surface area contributed by atoms with Crippen LogP contribution in [-0.2, 0) is 78.1 Å². The van der Waals surface area contributed by atoms with Crippen LogP contribution in [0.3, 0.4) is 0 Å². The van der Waals surface area contributed by atoms with E-state index < -0.39 is 107 Å². The number of rotatable bonds is 33. The number of carbonyl (C=O) groups is 11. The van der Waals surface area contributed by atoms with Crippen molar-refractivity contribution in [2.45, 2.75) is 231 Å². The fourth-order valence-electron chi connectivity index (χ4n) is 12.2. The number of carboxylic acid groups (broad SMARTS) is 1. The molecule has 2 saturated carbocycles. The fraction of sp³-hybridized carbons (Fsp3) is 0.634. The summed E-state index contributed by atoms with van der Waals surface area (Å²) in [7, 11) is 1.71. The first-order chi connectivity index (χ1) is 45.8. The van der Waals surface area contributed by atoms with Gasteiger partial charge in [-0.3, -0.25) is 43.3 Å². The number of unbranched alkanes of at least 4 members (excludes halogenated alkanes) is 1. The molecule has 0 radical (unpaired) electrons. The van der Waals surface area contributed by atoms with Crippen LogP contribution in [0.2, 0.25) is 0 Å². The number of pyridine rings is 1. The van der Waals surface area contributed by atoms with E-state index in [0.29, 0.717) is 57.4 Å². The zero-order chi connectivity index (χ0) is 71.0. The molecule has 8 amide bonds. The van der Waals surface area contributed by atoms with Crippen molar-refractivity contribution >= 4 is 76.1 Å². The van der Waals surface area contributed by atoms with Crippen molar-refractivity contribution in [3.05, 3.63) is 78.1 Å². The van der Waals surface area contributed by atoms with Crippen molar-refractivity contribution in [2.24, 2.45) is 11.8 Å². The van der Waals surface area contributed by atoms with Gasteiger partial charge in [0, 0.05) is 76.8 Å². The molecule has 6 rings (SSSR count). The summed E-state index contributed by atoms with van der Waals surface area (Å²) in [5.74, 6) is -6.87. The molecule has 7 N–H and O–H groups in total. The van der Waals surface area contributed by atoms with E-state index in [0.717, 1.165) is 46.9 Å². The Labute approximate surface area is 569 Å². The lowest BCUT2D eigenvalue weighted by atomic mass is 9.85. The van der Waals surface area contributed by atoms with Gasteiger partial charge in [-0.2, -0.15) is 0 Å². The van der Waals surface area contributed by atoms with Crippen LogP contribution < -0.4 is 31.9 Å². The first kappa shape index (κ1) is 77.7. The molecular formula is C71H103N9O17. The van der Waals surface area contributed by atoms with Gasteiger partial charge in [0.05, 0.1) is 30.8 Å². The maximum Gasteiger partial charge on any atom is 0.329 e. The summed E-state index contributed by atoms with van der Waals surface area (Å²) in [5.41, 5.74) is -1.11. The minimum absolute atomic E-state index is 0.0319. The highest BCUT2D eigenvalue weighted by atomic mass is 16.6. The van der Waals surface area contributed by atoms with E-state index >= 15 is 0 Å². The first-order valence-electron chi connectivity index (χ1n) is 34.1. The molecule has 1 aromatic heterocycles. The molecule has 0 unspecified atom stereocenters. The molecule has 26 nitrogen and oxygen atoms in total. The van der Waals surface area contributed by atoms with Gasteiger partial charge in [0.1, 0.15) is 48.0 Å². The maximum absolute atomic E-state index is 14.1. The Kier molecular flexibility index (Phi) is 29.6. The van der Waals surface area contributed by atoms with E-state index in [2.05, 4.69) is 36.9 Å². The number of amides is 8. The summed E-state index contributed by atoms with van der Waals surface area (Å²) in [4.78, 5) is 153. The second-order valence-corrected chi connectivity index (χ2v) is 28.5. The molecule has 2 aromatic carbocycles. The lowest BCUT2D eigenvalue weighted by Gasteiger charge is -2.32. The number of aromatic nitrogens is 1. The molecule has 1 saturated heterocycles. The first-order valence-corrected chi connectivity index (χ1v) is 34.1. The van der Waals surface area contributed by atoms with Crippen molar-refractivity contribution in [3.8, 4) is 0 Å². The van der Waals surface area contributed by atoms with Gasteiger partial charge in [-0.25, -0.2) is 14.4 Å². The zero-order valence-corrected chi connectivity index (χ0v) is 58.1. The third-order valence-electron chi connectivity index (χ3n) is 16.8. The number of aliphatic carboxylic acids is 1. The van der Waals surface area contributed by atoms with Gasteiger partial charge < -0.3 is 70.5 Å². The predicted octanol–water partition coefficient (Wildman–Crippen LogP) is 6.44. The van der Waals surface area contributed by atoms with Gasteiger partial charge in [0.25, 0.3) is 0 Å². The fourth-order valence-corrected chi connectivity index (χ4v) is 12.2. The number of urea groups is 1. The van der Waals surface area contributed by atoms with Crippen LogP contribution in [0.15, 0.2) is 67.0 Å². The van der Waals surface area contributed by atoms with Gasteiger partial charge in [0.15, 0.2) is 0 Å². The molecule has 1 aliphatic heterocycles. The van der Waals surface area contributed by atoms with Gasteiger partial charge in [-0.1, -0.05) is 48.5 Å². The highest BCUT2D eigenvalue weighted by molar-refractivity contribution is 5.93. The molecule has 97 heavy (non-hydrogen) atoms. The standard InChI is InChI=1S/C71H103N9O17/c1-69(2,3)95-61(86)33-32-55(67(91)97-71(7,8)9)78-68(92)77-54(66(90)96-70(4,5)6)20-13-14-35-73-64(88)56(40-45-22-23-46-17-11-12-18-48(46)39-45)76-58(82)43-80(44-60(84)85)65(89)47-24-26-50(27-25-47)75-57(81)21-16-37-93-51-28-30-52(31-29-51)94-38-36-74-63(87)53-41-59(83)79(10)62(53)49-19-15-34-72-42-49/h11-12,15,17-19,22-23,34,39,42,47,50-56,62H,13-14,16,20-21,24-33,35-38,40-41,43-44H2,1-10H3,(H,73,88)(H,74,87)(H,75,81)(H,76,82)(H,84,85)(H2,77,78,92)/t47?,50?,51?,52?,53-,54-,55-,56-,62+/m0/s1. The second kappa shape index (κ2) is 36.9. The average Bonchev–Trinajstić information content (AvgIpc) is 1.68. The highest BCUT2D eigenvalue weighted by Crippen LogP contribution is 2.37. The molecule has 3 aliphatic rings. The molecular weight excluding hydrogens is 1250 g/mol. The zero-order valence-electron chi connectivity index (χ0n) is 58.1. The molecule has 26 heteroatoms. The van der Waals surface area contributed by atoms with Crippen molar-refractivity contribution in [1.82, 2.24) is 46.7 Å². The molecule has 0 bridgehead atoms. The topological polar surface area (TPSA) is 346 Å². The van der Waals surface area contributed by atoms with E-state index in [1.54, 1.807) is 92.7 Å². The predicted molar refractivity (Wildman–Crippen MR) is 359 cm³/mol. The lowest BCUT2D eigenvalue weighted by molar-refractivity contribution is -0.159. The summed E-state index contributed by atoms with van der Waals surface area (Å²) in [6.45, 7) is 14.8. The van der Waals surface area contributed by atoms with E-state index in [1.165, 1.54) is 0 Å². The summed E-state index contributed by atoms with van der Waals surface area (Å²) in [6.07, 6.45) is 9.40. The smallest absolute Gasteiger partial charge is 0.329 e. The number of hydrogen-bond donors (Lipinski definition) is 7. The van der Waals surface area contributed by atoms with Gasteiger partial charge in [-0.15, -0.1) is 0 Å². The summed E-state index contributed by atoms with van der Waals surface area (Å²) in [5, 5.41) is 28.6. The average molecular weight is 1350 g/mol. The third-order valence-corrected chi connectivity index (χ3v) is 16.8. The third kappa shape index (κ3) is 27.3. The van der Waals surface area contributed by atoms with Crippen LogP contribution in [-0.4, -0.2) is 185 Å². The van der Waals surface area contributed by atoms with Crippen molar-refractivity contribution in [2.75, 3.05) is 46.4 Å². The number of hydrogen-bond acceptors (Lipinski definition) is 17. The largest absolute Gasteiger partial charge is 0.480 e. The molecule has 2 heterocycles. The van der Waals surface area contributed by atoms with Gasteiger partial charge in [0.2, 0.25) is 35.4 Å². The second-order valence-electron chi connectivity index (χ2n) is 28.5. The number of benzene rings is 2. The lowest BCUT2D eigenvalue weighted by Crippen LogP contribution is -2.53. The molecule has 0 spiro atoms. The molecule has 5 atom stereocenters. The van der Waals surface area contributed by atoms with Gasteiger partial charge in [-0.05, 0) is 174 Å². The Bertz CT molecular complexity index is 3170. The number of likely N-dealkylation sites (tertiary alicyclic amines) is 1. The van der Waals surface area contributed by atoms with Crippen LogP contribution in [0.1, 0.15) is 182 Å². The van der Waals surface area contributed by atoms with E-state index in [9.17, 15) is 57.8 Å². The van der Waals surface area contributed by atoms with Gasteiger partial charge >= 0.3 is 29.9 Å². The number of fused-ring (bicyclic) bond motifs is 1. The molecule has 3 fully saturated rings. The normalized spacial score (nSPS) is 19.9. The van der Waals surface area contributed by atoms with Crippen molar-refractivity contribution in [1.29, 1.82) is 0 Å². The van der Waals surface area contributed by atoms with E-state index in [1.807, 2.05) is 48.5 Å². The number of nitrogens with zero attached hydrogens (tertiary/aromatic N) is 3. The van der Waals surface area contributed by atoms with Crippen LogP contribution in [0.25, 0.3) is 10.8 Å². The van der Waals surface area contributed by atoms with Crippen LogP contribution in [0.4, 0.5) is 4.79 Å². The summed E-state index contributed by atoms with van der Waals surface area (Å²) in [6, 6.07) is 11.8. The summed E-state index contributed by atoms with van der Waals surface area (Å²) < 4.78 is 28.8. The van der Waals surface area contributed by atoms with Crippen LogP contribution in [0.5, 0.6) is 0 Å².